The lowest BCUT2D eigenvalue weighted by Crippen LogP contribution is -2.52. The van der Waals surface area contributed by atoms with Gasteiger partial charge in [-0.2, -0.15) is 0 Å². The van der Waals surface area contributed by atoms with Gasteiger partial charge in [-0.1, -0.05) is 30.7 Å². The normalized spacial score (nSPS) is 25.1. The second-order valence-corrected chi connectivity index (χ2v) is 10.8. The van der Waals surface area contributed by atoms with Gasteiger partial charge in [0.05, 0.1) is 5.92 Å². The first-order valence-electron chi connectivity index (χ1n) is 12.6. The lowest BCUT2D eigenvalue weighted by Gasteiger charge is -2.29. The van der Waals surface area contributed by atoms with E-state index < -0.39 is 17.6 Å². The summed E-state index contributed by atoms with van der Waals surface area (Å²) < 4.78 is 5.58. The van der Waals surface area contributed by atoms with Gasteiger partial charge in [-0.15, -0.1) is 0 Å². The van der Waals surface area contributed by atoms with Crippen molar-refractivity contribution in [1.82, 2.24) is 10.2 Å². The minimum absolute atomic E-state index is 0.0372. The summed E-state index contributed by atoms with van der Waals surface area (Å²) in [6.07, 6.45) is 5.95. The lowest BCUT2D eigenvalue weighted by atomic mass is 9.86. The van der Waals surface area contributed by atoms with Gasteiger partial charge in [0.15, 0.2) is 0 Å². The molecule has 1 saturated heterocycles. The molecule has 35 heavy (non-hydrogen) atoms. The highest BCUT2D eigenvalue weighted by Gasteiger charge is 2.39. The predicted octanol–water partition coefficient (Wildman–Crippen LogP) is 3.73. The molecule has 3 aliphatic rings. The van der Waals surface area contributed by atoms with Crippen LogP contribution < -0.4 is 5.32 Å². The molecule has 1 aromatic rings. The highest BCUT2D eigenvalue weighted by molar-refractivity contribution is 6.05. The molecule has 1 N–H and O–H groups in total. The zero-order valence-electron chi connectivity index (χ0n) is 20.8. The summed E-state index contributed by atoms with van der Waals surface area (Å²) in [6, 6.07) is 4.91. The monoisotopic (exact) mass is 478 g/mol. The van der Waals surface area contributed by atoms with Gasteiger partial charge >= 0.3 is 5.97 Å². The summed E-state index contributed by atoms with van der Waals surface area (Å²) in [6.45, 7) is 6.03. The summed E-state index contributed by atoms with van der Waals surface area (Å²) in [7, 11) is 0. The fourth-order valence-electron chi connectivity index (χ4n) is 5.16. The van der Waals surface area contributed by atoms with Gasteiger partial charge in [0, 0.05) is 30.0 Å². The van der Waals surface area contributed by atoms with E-state index in [9.17, 15) is 19.2 Å². The molecule has 0 aromatic heterocycles. The van der Waals surface area contributed by atoms with Crippen LogP contribution in [-0.2, 0) is 25.7 Å². The maximum Gasteiger partial charge on any atom is 0.309 e. The third-order valence-electron chi connectivity index (χ3n) is 6.94. The SMILES string of the molecule is CC(C)(C)OC(=O)C1CCCC(C#Cc2cccc3c2CN(C2CCC(=O)NC2=O)C3=O)CCC1. The van der Waals surface area contributed by atoms with Crippen molar-refractivity contribution in [3.63, 3.8) is 0 Å². The summed E-state index contributed by atoms with van der Waals surface area (Å²) in [5.74, 6) is 5.97. The van der Waals surface area contributed by atoms with E-state index in [-0.39, 0.29) is 36.0 Å². The highest BCUT2D eigenvalue weighted by atomic mass is 16.6. The number of fused-ring (bicyclic) bond motifs is 1. The molecule has 1 unspecified atom stereocenters. The Balaban J connectivity index is 1.41. The van der Waals surface area contributed by atoms with Gasteiger partial charge in [-0.05, 0) is 70.6 Å². The fraction of sp³-hybridized carbons (Fsp3) is 0.571. The smallest absolute Gasteiger partial charge is 0.309 e. The Bertz CT molecular complexity index is 1080. The molecule has 1 saturated carbocycles. The van der Waals surface area contributed by atoms with E-state index in [0.29, 0.717) is 18.5 Å². The molecule has 1 atom stereocenters. The van der Waals surface area contributed by atoms with E-state index in [1.165, 1.54) is 0 Å². The van der Waals surface area contributed by atoms with E-state index in [1.807, 2.05) is 32.9 Å². The number of hydrogen-bond donors (Lipinski definition) is 1. The fourth-order valence-corrected chi connectivity index (χ4v) is 5.16. The molecule has 7 nitrogen and oxygen atoms in total. The van der Waals surface area contributed by atoms with Crippen LogP contribution in [0.2, 0.25) is 0 Å². The minimum Gasteiger partial charge on any atom is -0.460 e. The first-order chi connectivity index (χ1) is 16.6. The summed E-state index contributed by atoms with van der Waals surface area (Å²) in [4.78, 5) is 50.8. The first-order valence-corrected chi connectivity index (χ1v) is 12.6. The molecule has 1 aliphatic carbocycles. The Morgan fingerprint density at radius 1 is 1.06 bits per heavy atom. The van der Waals surface area contributed by atoms with E-state index in [1.54, 1.807) is 11.0 Å². The third kappa shape index (κ3) is 5.93. The summed E-state index contributed by atoms with van der Waals surface area (Å²) >= 11 is 0. The molecule has 186 valence electrons. The Hall–Kier alpha value is -3.14. The molecule has 2 heterocycles. The topological polar surface area (TPSA) is 92.8 Å². The number of nitrogens with zero attached hydrogens (tertiary/aromatic N) is 1. The van der Waals surface area contributed by atoms with Gasteiger partial charge in [-0.3, -0.25) is 24.5 Å². The van der Waals surface area contributed by atoms with Gasteiger partial charge < -0.3 is 9.64 Å². The first kappa shape index (κ1) is 25.0. The number of piperidine rings is 1. The van der Waals surface area contributed by atoms with Crippen LogP contribution in [0, 0.1) is 23.7 Å². The van der Waals surface area contributed by atoms with E-state index in [0.717, 1.165) is 49.7 Å². The molecular formula is C28H34N2O5. The third-order valence-corrected chi connectivity index (χ3v) is 6.94. The maximum atomic E-state index is 13.0. The molecule has 2 aliphatic heterocycles. The van der Waals surface area contributed by atoms with E-state index in [4.69, 9.17) is 4.74 Å². The van der Waals surface area contributed by atoms with Crippen LogP contribution in [-0.4, -0.2) is 40.2 Å². The van der Waals surface area contributed by atoms with Crippen LogP contribution in [0.4, 0.5) is 0 Å². The van der Waals surface area contributed by atoms with Crippen molar-refractivity contribution in [1.29, 1.82) is 0 Å². The van der Waals surface area contributed by atoms with Crippen LogP contribution in [0.3, 0.4) is 0 Å². The number of ether oxygens (including phenoxy) is 1. The second kappa shape index (κ2) is 10.2. The van der Waals surface area contributed by atoms with Crippen LogP contribution in [0.25, 0.3) is 0 Å². The maximum absolute atomic E-state index is 13.0. The summed E-state index contributed by atoms with van der Waals surface area (Å²) in [5.41, 5.74) is 1.79. The van der Waals surface area contributed by atoms with Crippen molar-refractivity contribution < 1.29 is 23.9 Å². The second-order valence-electron chi connectivity index (χ2n) is 10.8. The number of carbonyl (C=O) groups excluding carboxylic acids is 4. The zero-order chi connectivity index (χ0) is 25.2. The van der Waals surface area contributed by atoms with Crippen LogP contribution in [0.5, 0.6) is 0 Å². The van der Waals surface area contributed by atoms with Gasteiger partial charge in [0.2, 0.25) is 11.8 Å². The molecular weight excluding hydrogens is 444 g/mol. The van der Waals surface area contributed by atoms with Crippen molar-refractivity contribution in [2.75, 3.05) is 0 Å². The van der Waals surface area contributed by atoms with Crippen LogP contribution in [0.15, 0.2) is 18.2 Å². The number of carbonyl (C=O) groups is 4. The number of imide groups is 1. The Morgan fingerprint density at radius 2 is 1.77 bits per heavy atom. The van der Waals surface area contributed by atoms with E-state index in [2.05, 4.69) is 17.2 Å². The average Bonchev–Trinajstić information content (AvgIpc) is 3.09. The minimum atomic E-state index is -0.628. The Kier molecular flexibility index (Phi) is 7.30. The molecule has 7 heteroatoms. The van der Waals surface area contributed by atoms with Gasteiger partial charge in [-0.25, -0.2) is 0 Å². The number of nitrogens with one attached hydrogen (secondary N) is 1. The molecule has 0 radical (unpaired) electrons. The average molecular weight is 479 g/mol. The predicted molar refractivity (Wildman–Crippen MR) is 130 cm³/mol. The largest absolute Gasteiger partial charge is 0.460 e. The number of amides is 3. The van der Waals surface area contributed by atoms with Crippen LogP contribution in [0.1, 0.15) is 93.6 Å². The van der Waals surface area contributed by atoms with Crippen LogP contribution >= 0.6 is 0 Å². The van der Waals surface area contributed by atoms with Crippen molar-refractivity contribution in [2.24, 2.45) is 11.8 Å². The Labute approximate surface area is 207 Å². The quantitative estimate of drug-likeness (QED) is 0.397. The number of esters is 1. The van der Waals surface area contributed by atoms with E-state index >= 15 is 0 Å². The number of hydrogen-bond acceptors (Lipinski definition) is 5. The standard InChI is InChI=1S/C28H34N2O5/c1-28(2,3)35-27(34)20-10-4-7-18(8-5-11-20)13-14-19-9-6-12-21-22(19)17-30(26(21)33)23-15-16-24(31)29-25(23)32/h6,9,12,18,20,23H,4-5,7-8,10-11,15-17H2,1-3H3,(H,29,31,32). The summed E-state index contributed by atoms with van der Waals surface area (Å²) in [5, 5.41) is 2.34. The molecule has 3 amide bonds. The van der Waals surface area contributed by atoms with Crippen molar-refractivity contribution in [3.8, 4) is 11.8 Å². The molecule has 1 aromatic carbocycles. The van der Waals surface area contributed by atoms with Gasteiger partial charge in [0.25, 0.3) is 5.91 Å². The van der Waals surface area contributed by atoms with Crippen molar-refractivity contribution in [2.45, 2.75) is 90.3 Å². The zero-order valence-corrected chi connectivity index (χ0v) is 20.8. The lowest BCUT2D eigenvalue weighted by molar-refractivity contribution is -0.160. The van der Waals surface area contributed by atoms with Crippen molar-refractivity contribution in [3.05, 3.63) is 34.9 Å². The highest BCUT2D eigenvalue weighted by Crippen LogP contribution is 2.31. The molecule has 0 bridgehead atoms. The number of benzene rings is 1. The van der Waals surface area contributed by atoms with Gasteiger partial charge in [0.1, 0.15) is 11.6 Å². The Morgan fingerprint density at radius 3 is 2.43 bits per heavy atom. The molecule has 2 fully saturated rings. The number of rotatable bonds is 2. The molecule has 0 spiro atoms. The van der Waals surface area contributed by atoms with Crippen molar-refractivity contribution >= 4 is 23.7 Å². The molecule has 4 rings (SSSR count).